The molecule has 0 radical (unpaired) electrons. The van der Waals surface area contributed by atoms with E-state index in [2.05, 4.69) is 0 Å². The number of halogens is 2. The Morgan fingerprint density at radius 1 is 1.09 bits per heavy atom. The summed E-state index contributed by atoms with van der Waals surface area (Å²) in [7, 11) is -4.05. The summed E-state index contributed by atoms with van der Waals surface area (Å²) in [6.07, 6.45) is 0. The Bertz CT molecular complexity index is 816. The van der Waals surface area contributed by atoms with E-state index in [0.29, 0.717) is 0 Å². The Hall–Kier alpha value is -1.76. The van der Waals surface area contributed by atoms with E-state index in [-0.39, 0.29) is 20.6 Å². The molecule has 0 unspecified atom stereocenters. The van der Waals surface area contributed by atoms with Crippen LogP contribution in [0, 0.1) is 6.92 Å². The number of sulfonamides is 1. The summed E-state index contributed by atoms with van der Waals surface area (Å²) in [5.74, 6) is -0.823. The molecule has 0 saturated heterocycles. The van der Waals surface area contributed by atoms with Crippen molar-refractivity contribution in [3.8, 4) is 0 Å². The summed E-state index contributed by atoms with van der Waals surface area (Å²) < 4.78 is 26.6. The molecule has 2 rings (SSSR count). The quantitative estimate of drug-likeness (QED) is 0.875. The maximum Gasteiger partial charge on any atom is 0.264 e. The van der Waals surface area contributed by atoms with Gasteiger partial charge in [0.25, 0.3) is 10.0 Å². The van der Waals surface area contributed by atoms with Crippen molar-refractivity contribution in [1.82, 2.24) is 0 Å². The van der Waals surface area contributed by atoms with Crippen LogP contribution in [0.2, 0.25) is 10.0 Å². The third-order valence-corrected chi connectivity index (χ3v) is 5.47. The fourth-order valence-corrected chi connectivity index (χ4v) is 4.16. The Labute approximate surface area is 144 Å². The first kappa shape index (κ1) is 17.6. The van der Waals surface area contributed by atoms with Crippen molar-refractivity contribution >= 4 is 44.8 Å². The molecule has 0 spiro atoms. The van der Waals surface area contributed by atoms with Gasteiger partial charge < -0.3 is 5.73 Å². The maximum atomic E-state index is 12.9. The van der Waals surface area contributed by atoms with Crippen LogP contribution < -0.4 is 10.0 Å². The average Bonchev–Trinajstić information content (AvgIpc) is 2.46. The van der Waals surface area contributed by atoms with E-state index in [0.717, 1.165) is 9.87 Å². The van der Waals surface area contributed by atoms with Crippen molar-refractivity contribution in [3.63, 3.8) is 0 Å². The number of carbonyl (C=O) groups excluding carboxylic acids is 1. The molecule has 0 atom stereocenters. The number of nitrogens with two attached hydrogens (primary N) is 1. The smallest absolute Gasteiger partial charge is 0.264 e. The molecule has 5 nitrogen and oxygen atoms in total. The molecule has 0 aliphatic heterocycles. The fourth-order valence-electron chi connectivity index (χ4n) is 1.99. The first-order valence-electron chi connectivity index (χ1n) is 6.55. The number of aryl methyl sites for hydroxylation is 1. The predicted molar refractivity (Wildman–Crippen MR) is 91.4 cm³/mol. The highest BCUT2D eigenvalue weighted by Gasteiger charge is 2.29. The molecule has 2 N–H and O–H groups in total. The predicted octanol–water partition coefficient (Wildman–Crippen LogP) is 2.98. The number of benzene rings is 2. The van der Waals surface area contributed by atoms with Crippen LogP contribution in [0.4, 0.5) is 5.69 Å². The summed E-state index contributed by atoms with van der Waals surface area (Å²) in [6, 6.07) is 10.8. The molecular formula is C15H14Cl2N2O3S. The van der Waals surface area contributed by atoms with Crippen LogP contribution in [0.1, 0.15) is 5.56 Å². The minimum absolute atomic E-state index is 0.0142. The number of hydrogen-bond acceptors (Lipinski definition) is 3. The molecule has 2 aromatic rings. The second-order valence-electron chi connectivity index (χ2n) is 4.86. The standard InChI is InChI=1S/C15H14Cl2N2O3S/c1-10-5-7-11(8-6-10)23(21,22)19(9-14(18)20)15-12(16)3-2-4-13(15)17/h2-8H,9H2,1H3,(H2,18,20). The molecule has 0 heterocycles. The van der Waals surface area contributed by atoms with Crippen LogP contribution in [0.15, 0.2) is 47.4 Å². The SMILES string of the molecule is Cc1ccc(S(=O)(=O)N(CC(N)=O)c2c(Cl)cccc2Cl)cc1. The number of primary amides is 1. The van der Waals surface area contributed by atoms with E-state index in [4.69, 9.17) is 28.9 Å². The van der Waals surface area contributed by atoms with E-state index >= 15 is 0 Å². The Morgan fingerprint density at radius 2 is 1.61 bits per heavy atom. The summed E-state index contributed by atoms with van der Waals surface area (Å²) in [6.45, 7) is 1.27. The van der Waals surface area contributed by atoms with Crippen molar-refractivity contribution in [3.05, 3.63) is 58.1 Å². The van der Waals surface area contributed by atoms with Gasteiger partial charge in [0.05, 0.1) is 20.6 Å². The van der Waals surface area contributed by atoms with Crippen LogP contribution in [-0.2, 0) is 14.8 Å². The molecular weight excluding hydrogens is 359 g/mol. The number of hydrogen-bond donors (Lipinski definition) is 1. The molecule has 8 heteroatoms. The zero-order valence-electron chi connectivity index (χ0n) is 12.2. The van der Waals surface area contributed by atoms with Crippen molar-refractivity contribution in [2.24, 2.45) is 5.73 Å². The monoisotopic (exact) mass is 372 g/mol. The van der Waals surface area contributed by atoms with Crippen LogP contribution in [-0.4, -0.2) is 20.9 Å². The van der Waals surface area contributed by atoms with Crippen LogP contribution in [0.3, 0.4) is 0 Å². The van der Waals surface area contributed by atoms with Gasteiger partial charge in [0.1, 0.15) is 6.54 Å². The highest BCUT2D eigenvalue weighted by Crippen LogP contribution is 2.36. The van der Waals surface area contributed by atoms with E-state index in [1.54, 1.807) is 18.2 Å². The van der Waals surface area contributed by atoms with Gasteiger partial charge in [-0.2, -0.15) is 0 Å². The number of amides is 1. The van der Waals surface area contributed by atoms with Crippen molar-refractivity contribution in [2.75, 3.05) is 10.8 Å². The summed E-state index contributed by atoms with van der Waals surface area (Å²) >= 11 is 12.2. The van der Waals surface area contributed by atoms with Gasteiger partial charge in [0.2, 0.25) is 5.91 Å². The molecule has 23 heavy (non-hydrogen) atoms. The molecule has 0 fully saturated rings. The van der Waals surface area contributed by atoms with E-state index in [9.17, 15) is 13.2 Å². The normalized spacial score (nSPS) is 11.3. The zero-order valence-corrected chi connectivity index (χ0v) is 14.5. The largest absolute Gasteiger partial charge is 0.368 e. The van der Waals surface area contributed by atoms with Gasteiger partial charge >= 0.3 is 0 Å². The number of nitrogens with zero attached hydrogens (tertiary/aromatic N) is 1. The lowest BCUT2D eigenvalue weighted by Gasteiger charge is -2.25. The molecule has 0 aliphatic rings. The molecule has 2 aromatic carbocycles. The summed E-state index contributed by atoms with van der Waals surface area (Å²) in [5.41, 5.74) is 6.13. The molecule has 1 amide bonds. The van der Waals surface area contributed by atoms with Gasteiger partial charge in [0, 0.05) is 0 Å². The van der Waals surface area contributed by atoms with Crippen LogP contribution >= 0.6 is 23.2 Å². The van der Waals surface area contributed by atoms with E-state index < -0.39 is 22.5 Å². The molecule has 0 aromatic heterocycles. The zero-order chi connectivity index (χ0) is 17.2. The fraction of sp³-hybridized carbons (Fsp3) is 0.133. The van der Waals surface area contributed by atoms with Crippen LogP contribution in [0.25, 0.3) is 0 Å². The van der Waals surface area contributed by atoms with Gasteiger partial charge in [-0.05, 0) is 31.2 Å². The highest BCUT2D eigenvalue weighted by molar-refractivity contribution is 7.92. The summed E-state index contributed by atoms with van der Waals surface area (Å²) in [4.78, 5) is 11.4. The van der Waals surface area contributed by atoms with Gasteiger partial charge in [-0.15, -0.1) is 0 Å². The van der Waals surface area contributed by atoms with Gasteiger partial charge in [-0.25, -0.2) is 8.42 Å². The average molecular weight is 373 g/mol. The van der Waals surface area contributed by atoms with Crippen molar-refractivity contribution < 1.29 is 13.2 Å². The maximum absolute atomic E-state index is 12.9. The van der Waals surface area contributed by atoms with E-state index in [1.807, 2.05) is 6.92 Å². The molecule has 0 bridgehead atoms. The Morgan fingerprint density at radius 3 is 2.09 bits per heavy atom. The van der Waals surface area contributed by atoms with Gasteiger partial charge in [-0.1, -0.05) is 47.0 Å². The topological polar surface area (TPSA) is 80.5 Å². The molecule has 0 aliphatic carbocycles. The first-order chi connectivity index (χ1) is 10.7. The van der Waals surface area contributed by atoms with Gasteiger partial charge in [0.15, 0.2) is 0 Å². The number of carbonyl (C=O) groups is 1. The second-order valence-corrected chi connectivity index (χ2v) is 7.54. The molecule has 0 saturated carbocycles. The lowest BCUT2D eigenvalue weighted by molar-refractivity contribution is -0.116. The first-order valence-corrected chi connectivity index (χ1v) is 8.75. The number of anilines is 1. The third-order valence-electron chi connectivity index (χ3n) is 3.10. The number of para-hydroxylation sites is 1. The highest BCUT2D eigenvalue weighted by atomic mass is 35.5. The Kier molecular flexibility index (Phi) is 5.19. The molecule has 122 valence electrons. The van der Waals surface area contributed by atoms with Gasteiger partial charge in [-0.3, -0.25) is 9.10 Å². The lowest BCUT2D eigenvalue weighted by atomic mass is 10.2. The number of rotatable bonds is 5. The lowest BCUT2D eigenvalue weighted by Crippen LogP contribution is -2.39. The van der Waals surface area contributed by atoms with Crippen molar-refractivity contribution in [2.45, 2.75) is 11.8 Å². The van der Waals surface area contributed by atoms with E-state index in [1.165, 1.54) is 24.3 Å². The van der Waals surface area contributed by atoms with Crippen LogP contribution in [0.5, 0.6) is 0 Å². The second kappa shape index (κ2) is 6.78. The summed E-state index contributed by atoms with van der Waals surface area (Å²) in [5, 5.41) is 0.212. The Balaban J connectivity index is 2.63. The minimum atomic E-state index is -4.05. The van der Waals surface area contributed by atoms with Crippen molar-refractivity contribution in [1.29, 1.82) is 0 Å². The third kappa shape index (κ3) is 3.77. The minimum Gasteiger partial charge on any atom is -0.368 e.